The van der Waals surface area contributed by atoms with E-state index in [9.17, 15) is 4.79 Å². The average Bonchev–Trinajstić information content (AvgIpc) is 3.49. The van der Waals surface area contributed by atoms with Crippen LogP contribution in [0.25, 0.3) is 17.0 Å². The van der Waals surface area contributed by atoms with E-state index in [1.807, 2.05) is 47.8 Å². The minimum Gasteiger partial charge on any atom is -0.377 e. The van der Waals surface area contributed by atoms with E-state index in [0.717, 1.165) is 34.8 Å². The number of carbonyl (C=O) groups is 1. The fourth-order valence-corrected chi connectivity index (χ4v) is 5.57. The zero-order valence-electron chi connectivity index (χ0n) is 22.9. The number of imidazole rings is 1. The molecule has 0 saturated carbocycles. The molecule has 3 aromatic heterocycles. The number of fused-ring (bicyclic) bond motifs is 1. The van der Waals surface area contributed by atoms with Gasteiger partial charge < -0.3 is 20.7 Å². The molecule has 12 heteroatoms. The minimum atomic E-state index is -0.531. The number of amides is 1. The maximum atomic E-state index is 11.8. The molecule has 1 fully saturated rings. The van der Waals surface area contributed by atoms with Gasteiger partial charge in [0.25, 0.3) is 0 Å². The Labute approximate surface area is 231 Å². The number of carbonyl (C=O) groups excluding carboxylic acids is 1. The van der Waals surface area contributed by atoms with Crippen molar-refractivity contribution in [3.8, 4) is 5.95 Å². The van der Waals surface area contributed by atoms with Gasteiger partial charge in [-0.05, 0) is 39.0 Å². The SMILES string of the molecule is CNc1nc2ccccc2n1-c1nc(C2C(C)=NN(c3cncc(C(N)=O)c3)C2C)cc(N2CCOC[C@H]2C)n1. The Bertz CT molecular complexity index is 1620. The van der Waals surface area contributed by atoms with Crippen LogP contribution in [0.5, 0.6) is 0 Å². The second-order valence-corrected chi connectivity index (χ2v) is 10.2. The molecule has 0 radical (unpaired) electrons. The van der Waals surface area contributed by atoms with Crippen molar-refractivity contribution >= 4 is 40.1 Å². The monoisotopic (exact) mass is 540 g/mol. The highest BCUT2D eigenvalue weighted by atomic mass is 16.5. The standard InChI is InChI=1S/C28H32N10O2/c1-16-15-40-10-9-36(16)24-12-22(33-28(34-24)37-23-8-6-5-7-21(23)32-27(37)30-4)25-17(2)35-38(18(25)3)20-11-19(26(29)39)13-31-14-20/h5-8,11-14,16,18,25H,9-10,15H2,1-4H3,(H2,29,39)(H,30,32)/t16-,18?,25?/m1/s1. The number of morpholine rings is 1. The second-order valence-electron chi connectivity index (χ2n) is 10.2. The Morgan fingerprint density at radius 2 is 1.95 bits per heavy atom. The first-order valence-electron chi connectivity index (χ1n) is 13.3. The number of nitrogens with zero attached hydrogens (tertiary/aromatic N) is 8. The summed E-state index contributed by atoms with van der Waals surface area (Å²) < 4.78 is 7.66. The number of hydrogen-bond acceptors (Lipinski definition) is 10. The van der Waals surface area contributed by atoms with Gasteiger partial charge in [0.15, 0.2) is 0 Å². The number of ether oxygens (including phenoxy) is 1. The molecule has 1 amide bonds. The van der Waals surface area contributed by atoms with E-state index >= 15 is 0 Å². The number of hydrazone groups is 1. The van der Waals surface area contributed by atoms with Gasteiger partial charge in [-0.25, -0.2) is 14.5 Å². The van der Waals surface area contributed by atoms with Crippen LogP contribution in [0.3, 0.4) is 0 Å². The van der Waals surface area contributed by atoms with E-state index in [1.54, 1.807) is 12.3 Å². The van der Waals surface area contributed by atoms with Crippen LogP contribution < -0.4 is 21.0 Å². The fourth-order valence-electron chi connectivity index (χ4n) is 5.57. The van der Waals surface area contributed by atoms with Crippen molar-refractivity contribution in [2.24, 2.45) is 10.8 Å². The molecule has 4 aromatic rings. The maximum Gasteiger partial charge on any atom is 0.250 e. The largest absolute Gasteiger partial charge is 0.377 e. The number of para-hydroxylation sites is 2. The Morgan fingerprint density at radius 3 is 2.73 bits per heavy atom. The van der Waals surface area contributed by atoms with E-state index in [1.165, 1.54) is 6.20 Å². The number of benzene rings is 1. The summed E-state index contributed by atoms with van der Waals surface area (Å²) in [6.07, 6.45) is 3.15. The summed E-state index contributed by atoms with van der Waals surface area (Å²) in [5, 5.41) is 9.94. The number of pyridine rings is 1. The minimum absolute atomic E-state index is 0.106. The van der Waals surface area contributed by atoms with Gasteiger partial charge in [-0.3, -0.25) is 14.8 Å². The van der Waals surface area contributed by atoms with Gasteiger partial charge in [0.1, 0.15) is 5.82 Å². The lowest BCUT2D eigenvalue weighted by Gasteiger charge is -2.35. The van der Waals surface area contributed by atoms with Crippen LogP contribution in [0.1, 0.15) is 42.7 Å². The van der Waals surface area contributed by atoms with Gasteiger partial charge in [-0.2, -0.15) is 10.1 Å². The van der Waals surface area contributed by atoms with E-state index < -0.39 is 5.91 Å². The smallest absolute Gasteiger partial charge is 0.250 e. The highest BCUT2D eigenvalue weighted by Gasteiger charge is 2.37. The zero-order chi connectivity index (χ0) is 28.0. The van der Waals surface area contributed by atoms with Crippen LogP contribution in [-0.2, 0) is 4.74 Å². The van der Waals surface area contributed by atoms with Crippen LogP contribution in [-0.4, -0.2) is 75.0 Å². The van der Waals surface area contributed by atoms with Crippen molar-refractivity contribution in [3.05, 3.63) is 60.0 Å². The molecule has 1 saturated heterocycles. The van der Waals surface area contributed by atoms with Gasteiger partial charge >= 0.3 is 0 Å². The summed E-state index contributed by atoms with van der Waals surface area (Å²) in [5.41, 5.74) is 10.0. The Morgan fingerprint density at radius 1 is 1.12 bits per heavy atom. The lowest BCUT2D eigenvalue weighted by atomic mass is 9.93. The van der Waals surface area contributed by atoms with E-state index in [2.05, 4.69) is 35.1 Å². The number of nitrogens with two attached hydrogens (primary N) is 1. The van der Waals surface area contributed by atoms with Crippen LogP contribution >= 0.6 is 0 Å². The second kappa shape index (κ2) is 10.2. The van der Waals surface area contributed by atoms with E-state index in [4.69, 9.17) is 30.5 Å². The molecule has 3 N–H and O–H groups in total. The van der Waals surface area contributed by atoms with Gasteiger partial charge in [-0.15, -0.1) is 0 Å². The molecule has 1 aromatic carbocycles. The third-order valence-electron chi connectivity index (χ3n) is 7.54. The molecule has 2 unspecified atom stereocenters. The first kappa shape index (κ1) is 25.7. The van der Waals surface area contributed by atoms with Crippen LogP contribution in [0.2, 0.25) is 0 Å². The molecule has 2 aliphatic rings. The number of primary amides is 1. The molecule has 3 atom stereocenters. The quantitative estimate of drug-likeness (QED) is 0.378. The maximum absolute atomic E-state index is 11.8. The molecule has 5 heterocycles. The van der Waals surface area contributed by atoms with E-state index in [-0.39, 0.29) is 18.0 Å². The molecule has 12 nitrogen and oxygen atoms in total. The molecule has 40 heavy (non-hydrogen) atoms. The number of nitrogens with one attached hydrogen (secondary N) is 1. The topological polar surface area (TPSA) is 140 Å². The van der Waals surface area contributed by atoms with Crippen LogP contribution in [0.15, 0.2) is 53.9 Å². The predicted octanol–water partition coefficient (Wildman–Crippen LogP) is 2.94. The summed E-state index contributed by atoms with van der Waals surface area (Å²) in [6.45, 7) is 8.21. The molecule has 206 valence electrons. The summed E-state index contributed by atoms with van der Waals surface area (Å²) in [7, 11) is 1.84. The van der Waals surface area contributed by atoms with Crippen molar-refractivity contribution in [2.45, 2.75) is 38.8 Å². The highest BCUT2D eigenvalue weighted by Crippen LogP contribution is 2.36. The number of anilines is 3. The predicted molar refractivity (Wildman–Crippen MR) is 154 cm³/mol. The Hall–Kier alpha value is -4.58. The third kappa shape index (κ3) is 4.39. The number of hydrogen-bond donors (Lipinski definition) is 2. The highest BCUT2D eigenvalue weighted by molar-refractivity contribution is 5.95. The Balaban J connectivity index is 1.48. The Kier molecular flexibility index (Phi) is 6.54. The first-order chi connectivity index (χ1) is 19.4. The summed E-state index contributed by atoms with van der Waals surface area (Å²) >= 11 is 0. The molecular weight excluding hydrogens is 508 g/mol. The molecular formula is C28H32N10O2. The first-order valence-corrected chi connectivity index (χ1v) is 13.3. The summed E-state index contributed by atoms with van der Waals surface area (Å²) in [6, 6.07) is 11.8. The third-order valence-corrected chi connectivity index (χ3v) is 7.54. The molecule has 2 aliphatic heterocycles. The molecule has 0 aliphatic carbocycles. The van der Waals surface area contributed by atoms with Crippen molar-refractivity contribution < 1.29 is 9.53 Å². The summed E-state index contributed by atoms with van der Waals surface area (Å²) in [5.74, 6) is 1.34. The van der Waals surface area contributed by atoms with Gasteiger partial charge in [0.05, 0.1) is 65.4 Å². The molecule has 6 rings (SSSR count). The van der Waals surface area contributed by atoms with Crippen molar-refractivity contribution in [1.29, 1.82) is 0 Å². The van der Waals surface area contributed by atoms with Crippen molar-refractivity contribution in [3.63, 3.8) is 0 Å². The number of aromatic nitrogens is 5. The normalized spacial score (nSPS) is 21.1. The zero-order valence-corrected chi connectivity index (χ0v) is 22.9. The van der Waals surface area contributed by atoms with Gasteiger partial charge in [0.2, 0.25) is 17.8 Å². The summed E-state index contributed by atoms with van der Waals surface area (Å²) in [4.78, 5) is 33.2. The number of rotatable bonds is 6. The van der Waals surface area contributed by atoms with Crippen molar-refractivity contribution in [1.82, 2.24) is 24.5 Å². The average molecular weight is 541 g/mol. The van der Waals surface area contributed by atoms with Gasteiger partial charge in [0, 0.05) is 31.6 Å². The van der Waals surface area contributed by atoms with Crippen LogP contribution in [0.4, 0.5) is 17.5 Å². The lowest BCUT2D eigenvalue weighted by Crippen LogP contribution is -2.44. The fraction of sp³-hybridized carbons (Fsp3) is 0.357. The lowest BCUT2D eigenvalue weighted by molar-refractivity contribution is 0.0985. The van der Waals surface area contributed by atoms with E-state index in [0.29, 0.717) is 36.4 Å². The van der Waals surface area contributed by atoms with Crippen LogP contribution in [0, 0.1) is 0 Å². The van der Waals surface area contributed by atoms with Crippen molar-refractivity contribution in [2.75, 3.05) is 42.0 Å². The van der Waals surface area contributed by atoms with Gasteiger partial charge in [-0.1, -0.05) is 12.1 Å². The molecule has 0 spiro atoms. The molecule has 0 bridgehead atoms.